The van der Waals surface area contributed by atoms with Crippen molar-refractivity contribution in [3.05, 3.63) is 35.8 Å². The van der Waals surface area contributed by atoms with Gasteiger partial charge in [0.05, 0.1) is 11.6 Å². The highest BCUT2D eigenvalue weighted by molar-refractivity contribution is 6.01. The van der Waals surface area contributed by atoms with Crippen LogP contribution in [0.5, 0.6) is 0 Å². The number of Topliss-reactive ketones (excluding diaryl/α,β-unsaturated/α-hetero) is 1. The van der Waals surface area contributed by atoms with E-state index in [-0.39, 0.29) is 35.7 Å². The topological polar surface area (TPSA) is 120 Å². The first-order chi connectivity index (χ1) is 16.0. The maximum atomic E-state index is 13.9. The predicted octanol–water partition coefficient (Wildman–Crippen LogP) is 2.44. The number of fused-ring (bicyclic) bond motifs is 1. The van der Waals surface area contributed by atoms with E-state index in [1.165, 1.54) is 18.2 Å². The van der Waals surface area contributed by atoms with Gasteiger partial charge in [0.2, 0.25) is 17.7 Å². The molecular formula is C23H27F3N4O4. The summed E-state index contributed by atoms with van der Waals surface area (Å²) in [6, 6.07) is 2.83. The molecule has 0 aliphatic carbocycles. The fourth-order valence-electron chi connectivity index (χ4n) is 3.99. The SMILES string of the molecule is CCC(=O)[C@H](C[C@@H]1CCNC1=O)NC(=O)[C@H](CC(C)(F)F)NC(=O)c1cc2cccc(F)c2[nH]1. The minimum atomic E-state index is -3.31. The van der Waals surface area contributed by atoms with Crippen LogP contribution in [-0.4, -0.2) is 53.0 Å². The summed E-state index contributed by atoms with van der Waals surface area (Å²) in [4.78, 5) is 52.5. The number of carbonyl (C=O) groups excluding carboxylic acids is 4. The first-order valence-electron chi connectivity index (χ1n) is 11.0. The van der Waals surface area contributed by atoms with E-state index >= 15 is 0 Å². The van der Waals surface area contributed by atoms with E-state index in [9.17, 15) is 32.3 Å². The molecule has 0 spiro atoms. The Labute approximate surface area is 194 Å². The second kappa shape index (κ2) is 10.3. The number of amides is 3. The molecule has 0 bridgehead atoms. The van der Waals surface area contributed by atoms with Gasteiger partial charge in [-0.1, -0.05) is 19.1 Å². The average molecular weight is 480 g/mol. The number of halogens is 3. The number of benzene rings is 1. The van der Waals surface area contributed by atoms with Gasteiger partial charge >= 0.3 is 0 Å². The fourth-order valence-corrected chi connectivity index (χ4v) is 3.99. The number of rotatable bonds is 10. The minimum absolute atomic E-state index is 0.0364. The van der Waals surface area contributed by atoms with Crippen molar-refractivity contribution in [3.8, 4) is 0 Å². The number of H-pyrrole nitrogens is 1. The molecule has 0 unspecified atom stereocenters. The number of alkyl halides is 2. The molecule has 11 heteroatoms. The van der Waals surface area contributed by atoms with Crippen LogP contribution in [-0.2, 0) is 14.4 Å². The summed E-state index contributed by atoms with van der Waals surface area (Å²) < 4.78 is 41.6. The number of aromatic nitrogens is 1. The summed E-state index contributed by atoms with van der Waals surface area (Å²) in [5, 5.41) is 7.75. The van der Waals surface area contributed by atoms with E-state index in [1.54, 1.807) is 13.0 Å². The van der Waals surface area contributed by atoms with Crippen molar-refractivity contribution in [2.24, 2.45) is 5.92 Å². The number of carbonyl (C=O) groups is 4. The lowest BCUT2D eigenvalue weighted by Gasteiger charge is -2.25. The molecule has 1 fully saturated rings. The van der Waals surface area contributed by atoms with Crippen LogP contribution in [0.3, 0.4) is 0 Å². The predicted molar refractivity (Wildman–Crippen MR) is 118 cm³/mol. The molecule has 1 aliphatic heterocycles. The molecule has 8 nitrogen and oxygen atoms in total. The maximum Gasteiger partial charge on any atom is 0.268 e. The Morgan fingerprint density at radius 1 is 1.21 bits per heavy atom. The zero-order valence-electron chi connectivity index (χ0n) is 18.8. The van der Waals surface area contributed by atoms with E-state index in [1.807, 2.05) is 0 Å². The van der Waals surface area contributed by atoms with Crippen molar-refractivity contribution in [3.63, 3.8) is 0 Å². The van der Waals surface area contributed by atoms with Crippen molar-refractivity contribution in [1.82, 2.24) is 20.9 Å². The van der Waals surface area contributed by atoms with Gasteiger partial charge in [0.15, 0.2) is 5.78 Å². The van der Waals surface area contributed by atoms with Crippen LogP contribution < -0.4 is 16.0 Å². The third-order valence-electron chi connectivity index (χ3n) is 5.77. The van der Waals surface area contributed by atoms with Gasteiger partial charge in [-0.3, -0.25) is 19.2 Å². The smallest absolute Gasteiger partial charge is 0.268 e. The van der Waals surface area contributed by atoms with Crippen molar-refractivity contribution in [2.75, 3.05) is 6.54 Å². The quantitative estimate of drug-likeness (QED) is 0.418. The van der Waals surface area contributed by atoms with Crippen LogP contribution in [0.4, 0.5) is 13.2 Å². The van der Waals surface area contributed by atoms with Gasteiger partial charge in [-0.05, 0) is 31.9 Å². The Hall–Kier alpha value is -3.37. The van der Waals surface area contributed by atoms with Crippen LogP contribution in [0.15, 0.2) is 24.3 Å². The van der Waals surface area contributed by atoms with Gasteiger partial charge in [0, 0.05) is 30.7 Å². The Kier molecular flexibility index (Phi) is 7.63. The highest BCUT2D eigenvalue weighted by Gasteiger charge is 2.36. The molecule has 1 saturated heterocycles. The summed E-state index contributed by atoms with van der Waals surface area (Å²) in [5.74, 6) is -6.83. The summed E-state index contributed by atoms with van der Waals surface area (Å²) >= 11 is 0. The molecule has 1 aromatic carbocycles. The number of aromatic amines is 1. The van der Waals surface area contributed by atoms with Crippen molar-refractivity contribution in [2.45, 2.75) is 57.5 Å². The Morgan fingerprint density at radius 3 is 2.53 bits per heavy atom. The van der Waals surface area contributed by atoms with Crippen molar-refractivity contribution >= 4 is 34.4 Å². The molecule has 3 atom stereocenters. The van der Waals surface area contributed by atoms with Crippen LogP contribution >= 0.6 is 0 Å². The number of ketones is 1. The highest BCUT2D eigenvalue weighted by Crippen LogP contribution is 2.22. The lowest BCUT2D eigenvalue weighted by Crippen LogP contribution is -2.53. The highest BCUT2D eigenvalue weighted by atomic mass is 19.3. The molecule has 34 heavy (non-hydrogen) atoms. The Bertz CT molecular complexity index is 1100. The summed E-state index contributed by atoms with van der Waals surface area (Å²) in [5.41, 5.74) is -0.0425. The maximum absolute atomic E-state index is 13.9. The molecular weight excluding hydrogens is 453 g/mol. The van der Waals surface area contributed by atoms with Crippen LogP contribution in [0, 0.1) is 11.7 Å². The van der Waals surface area contributed by atoms with Gasteiger partial charge in [-0.2, -0.15) is 0 Å². The molecule has 184 valence electrons. The standard InChI is InChI=1S/C23H27F3N4O4/c1-3-18(31)15(10-13-7-8-27-20(13)32)29-22(34)17(11-23(2,25)26)30-21(33)16-9-12-5-4-6-14(24)19(12)28-16/h4-6,9,13,15,17,28H,3,7-8,10-11H2,1-2H3,(H,27,32)(H,29,34)(H,30,33)/t13-,15-,17-/m0/s1. The van der Waals surface area contributed by atoms with E-state index in [2.05, 4.69) is 20.9 Å². The number of nitrogens with one attached hydrogen (secondary N) is 4. The average Bonchev–Trinajstić information content (AvgIpc) is 3.38. The number of hydrogen-bond donors (Lipinski definition) is 4. The van der Waals surface area contributed by atoms with Gasteiger partial charge in [-0.25, -0.2) is 13.2 Å². The van der Waals surface area contributed by atoms with Crippen molar-refractivity contribution in [1.29, 1.82) is 0 Å². The third-order valence-corrected chi connectivity index (χ3v) is 5.77. The molecule has 1 aliphatic rings. The third kappa shape index (κ3) is 6.15. The molecule has 3 amide bonds. The zero-order chi connectivity index (χ0) is 25.0. The zero-order valence-corrected chi connectivity index (χ0v) is 18.8. The van der Waals surface area contributed by atoms with Gasteiger partial charge < -0.3 is 20.9 Å². The number of hydrogen-bond acceptors (Lipinski definition) is 4. The first kappa shape index (κ1) is 25.3. The second-order valence-electron chi connectivity index (χ2n) is 8.58. The van der Waals surface area contributed by atoms with Gasteiger partial charge in [0.1, 0.15) is 17.6 Å². The van der Waals surface area contributed by atoms with E-state index in [0.29, 0.717) is 25.3 Å². The van der Waals surface area contributed by atoms with E-state index in [0.717, 1.165) is 0 Å². The summed E-state index contributed by atoms with van der Waals surface area (Å²) in [7, 11) is 0. The number of para-hydroxylation sites is 1. The Morgan fingerprint density at radius 2 is 1.94 bits per heavy atom. The molecule has 3 rings (SSSR count). The lowest BCUT2D eigenvalue weighted by molar-refractivity contribution is -0.131. The summed E-state index contributed by atoms with van der Waals surface area (Å²) in [6.45, 7) is 2.65. The van der Waals surface area contributed by atoms with Crippen molar-refractivity contribution < 1.29 is 32.3 Å². The molecule has 0 saturated carbocycles. The summed E-state index contributed by atoms with van der Waals surface area (Å²) in [6.07, 6.45) is -0.419. The normalized spacial score (nSPS) is 17.8. The van der Waals surface area contributed by atoms with E-state index < -0.39 is 48.0 Å². The molecule has 0 radical (unpaired) electrons. The Balaban J connectivity index is 1.78. The van der Waals surface area contributed by atoms with Gasteiger partial charge in [0.25, 0.3) is 5.91 Å². The fraction of sp³-hybridized carbons (Fsp3) is 0.478. The largest absolute Gasteiger partial charge is 0.356 e. The molecule has 4 N–H and O–H groups in total. The molecule has 2 aromatic rings. The van der Waals surface area contributed by atoms with Gasteiger partial charge in [-0.15, -0.1) is 0 Å². The van der Waals surface area contributed by atoms with Crippen LogP contribution in [0.25, 0.3) is 10.9 Å². The van der Waals surface area contributed by atoms with Crippen LogP contribution in [0.1, 0.15) is 50.0 Å². The monoisotopic (exact) mass is 480 g/mol. The lowest BCUT2D eigenvalue weighted by atomic mass is 9.94. The second-order valence-corrected chi connectivity index (χ2v) is 8.58. The minimum Gasteiger partial charge on any atom is -0.356 e. The molecule has 2 heterocycles. The molecule has 1 aromatic heterocycles. The first-order valence-corrected chi connectivity index (χ1v) is 11.0. The van der Waals surface area contributed by atoms with Crippen LogP contribution in [0.2, 0.25) is 0 Å². The van der Waals surface area contributed by atoms with E-state index in [4.69, 9.17) is 0 Å².